The van der Waals surface area contributed by atoms with Crippen LogP contribution in [-0.4, -0.2) is 25.0 Å². The van der Waals surface area contributed by atoms with Crippen molar-refractivity contribution in [1.82, 2.24) is 0 Å². The summed E-state index contributed by atoms with van der Waals surface area (Å²) in [6.07, 6.45) is 0. The van der Waals surface area contributed by atoms with E-state index >= 15 is 0 Å². The number of hydrogen-bond donors (Lipinski definition) is 1. The van der Waals surface area contributed by atoms with Gasteiger partial charge in [0.15, 0.2) is 5.79 Å². The SMILES string of the molecule is CC1(C)OCC(Nc2c(Cl)cc(Cl)c3c2N=S=N3)CO1. The molecule has 1 N–H and O–H groups in total. The van der Waals surface area contributed by atoms with Crippen LogP contribution in [0.3, 0.4) is 0 Å². The quantitative estimate of drug-likeness (QED) is 0.892. The lowest BCUT2D eigenvalue weighted by Crippen LogP contribution is -2.45. The van der Waals surface area contributed by atoms with Gasteiger partial charge in [0, 0.05) is 0 Å². The molecule has 2 heterocycles. The first kappa shape index (κ1) is 14.3. The van der Waals surface area contributed by atoms with E-state index in [9.17, 15) is 0 Å². The van der Waals surface area contributed by atoms with Gasteiger partial charge in [-0.3, -0.25) is 0 Å². The number of fused-ring (bicyclic) bond motifs is 1. The van der Waals surface area contributed by atoms with E-state index in [2.05, 4.69) is 14.0 Å². The molecule has 0 radical (unpaired) electrons. The minimum absolute atomic E-state index is 0.00611. The van der Waals surface area contributed by atoms with E-state index in [1.165, 1.54) is 0 Å². The predicted octanol–water partition coefficient (Wildman–Crippen LogP) is 4.28. The fourth-order valence-corrected chi connectivity index (χ4v) is 3.16. The van der Waals surface area contributed by atoms with Crippen LogP contribution in [0.25, 0.3) is 0 Å². The molecule has 3 rings (SSSR count). The first-order valence-corrected chi connectivity index (χ1v) is 7.59. The fourth-order valence-electron chi connectivity index (χ4n) is 1.99. The van der Waals surface area contributed by atoms with E-state index in [0.29, 0.717) is 34.6 Å². The lowest BCUT2D eigenvalue weighted by Gasteiger charge is -2.35. The van der Waals surface area contributed by atoms with Gasteiger partial charge in [0.2, 0.25) is 0 Å². The van der Waals surface area contributed by atoms with E-state index in [1.807, 2.05) is 13.8 Å². The zero-order valence-corrected chi connectivity index (χ0v) is 13.3. The molecular formula is C12H13Cl2N3O2S. The van der Waals surface area contributed by atoms with Gasteiger partial charge in [-0.1, -0.05) is 23.2 Å². The monoisotopic (exact) mass is 333 g/mol. The van der Waals surface area contributed by atoms with Crippen molar-refractivity contribution in [3.8, 4) is 0 Å². The van der Waals surface area contributed by atoms with Crippen LogP contribution in [0.15, 0.2) is 14.8 Å². The third-order valence-electron chi connectivity index (χ3n) is 3.06. The Balaban J connectivity index is 1.83. The Morgan fingerprint density at radius 2 is 1.85 bits per heavy atom. The summed E-state index contributed by atoms with van der Waals surface area (Å²) in [7, 11) is 0. The van der Waals surface area contributed by atoms with Crippen molar-refractivity contribution in [2.75, 3.05) is 18.5 Å². The Morgan fingerprint density at radius 1 is 1.20 bits per heavy atom. The highest BCUT2D eigenvalue weighted by atomic mass is 35.5. The Kier molecular flexibility index (Phi) is 3.77. The van der Waals surface area contributed by atoms with E-state index in [4.69, 9.17) is 32.7 Å². The maximum Gasteiger partial charge on any atom is 0.162 e. The Labute approximate surface area is 130 Å². The third-order valence-corrected chi connectivity index (χ3v) is 4.17. The van der Waals surface area contributed by atoms with Gasteiger partial charge in [-0.25, -0.2) is 0 Å². The van der Waals surface area contributed by atoms with Crippen molar-refractivity contribution in [1.29, 1.82) is 0 Å². The van der Waals surface area contributed by atoms with Crippen LogP contribution >= 0.6 is 23.2 Å². The van der Waals surface area contributed by atoms with Gasteiger partial charge in [0.1, 0.15) is 11.4 Å². The molecule has 1 aromatic carbocycles. The summed E-state index contributed by atoms with van der Waals surface area (Å²) in [5.41, 5.74) is 2.05. The molecule has 1 fully saturated rings. The van der Waals surface area contributed by atoms with Crippen molar-refractivity contribution >= 4 is 51.6 Å². The predicted molar refractivity (Wildman–Crippen MR) is 81.4 cm³/mol. The highest BCUT2D eigenvalue weighted by molar-refractivity contribution is 7.58. The maximum absolute atomic E-state index is 6.25. The summed E-state index contributed by atoms with van der Waals surface area (Å²) in [6.45, 7) is 4.85. The van der Waals surface area contributed by atoms with Crippen molar-refractivity contribution in [2.45, 2.75) is 25.7 Å². The summed E-state index contributed by atoms with van der Waals surface area (Å²) >= 11 is 13.5. The molecule has 0 aliphatic carbocycles. The molecule has 0 aromatic heterocycles. The smallest absolute Gasteiger partial charge is 0.162 e. The zero-order valence-electron chi connectivity index (χ0n) is 10.9. The minimum atomic E-state index is -0.542. The van der Waals surface area contributed by atoms with Crippen LogP contribution in [0.1, 0.15) is 13.8 Å². The van der Waals surface area contributed by atoms with Gasteiger partial charge in [-0.15, -0.1) is 0 Å². The Hall–Kier alpha value is -0.660. The fraction of sp³-hybridized carbons (Fsp3) is 0.500. The van der Waals surface area contributed by atoms with E-state index in [1.54, 1.807) is 6.07 Å². The van der Waals surface area contributed by atoms with Crippen LogP contribution < -0.4 is 5.32 Å². The Bertz CT molecular complexity index is 620. The highest BCUT2D eigenvalue weighted by Gasteiger charge is 2.29. The second-order valence-electron chi connectivity index (χ2n) is 5.04. The largest absolute Gasteiger partial charge is 0.375 e. The van der Waals surface area contributed by atoms with Crippen molar-refractivity contribution < 1.29 is 9.47 Å². The lowest BCUT2D eigenvalue weighted by atomic mass is 10.2. The van der Waals surface area contributed by atoms with Gasteiger partial charge in [-0.2, -0.15) is 8.73 Å². The molecule has 0 spiro atoms. The molecular weight excluding hydrogens is 321 g/mol. The molecule has 0 atom stereocenters. The van der Waals surface area contributed by atoms with E-state index in [-0.39, 0.29) is 6.04 Å². The second kappa shape index (κ2) is 5.27. The van der Waals surface area contributed by atoms with Gasteiger partial charge in [-0.05, 0) is 19.9 Å². The molecule has 5 nitrogen and oxygen atoms in total. The van der Waals surface area contributed by atoms with Crippen LogP contribution in [0, 0.1) is 0 Å². The van der Waals surface area contributed by atoms with Crippen LogP contribution in [0.2, 0.25) is 10.0 Å². The minimum Gasteiger partial charge on any atom is -0.375 e. The molecule has 1 saturated heterocycles. The standard InChI is InChI=1S/C12H13Cl2N3O2S/c1-12(2)18-4-6(5-19-12)15-9-7(13)3-8(14)10-11(9)17-20-16-10/h3,6,15H,4-5H2,1-2H3. The van der Waals surface area contributed by atoms with Gasteiger partial charge in [0.05, 0.1) is 46.3 Å². The van der Waals surface area contributed by atoms with Gasteiger partial charge < -0.3 is 14.8 Å². The van der Waals surface area contributed by atoms with Gasteiger partial charge in [0.25, 0.3) is 0 Å². The molecule has 0 saturated carbocycles. The number of ether oxygens (including phenoxy) is 2. The summed E-state index contributed by atoms with van der Waals surface area (Å²) in [6, 6.07) is 1.68. The average Bonchev–Trinajstić information content (AvgIpc) is 2.86. The third kappa shape index (κ3) is 2.71. The number of nitrogens with zero attached hydrogens (tertiary/aromatic N) is 2. The number of halogens is 2. The molecule has 0 unspecified atom stereocenters. The molecule has 108 valence electrons. The number of hydrogen-bond acceptors (Lipinski definition) is 5. The number of benzene rings is 1. The van der Waals surface area contributed by atoms with Crippen molar-refractivity contribution in [3.05, 3.63) is 16.1 Å². The first-order valence-electron chi connectivity index (χ1n) is 6.11. The summed E-state index contributed by atoms with van der Waals surface area (Å²) < 4.78 is 19.7. The highest BCUT2D eigenvalue weighted by Crippen LogP contribution is 2.47. The average molecular weight is 334 g/mol. The summed E-state index contributed by atoms with van der Waals surface area (Å²) in [5, 5.41) is 4.32. The summed E-state index contributed by atoms with van der Waals surface area (Å²) in [4.78, 5) is 0. The lowest BCUT2D eigenvalue weighted by molar-refractivity contribution is -0.247. The molecule has 0 bridgehead atoms. The van der Waals surface area contributed by atoms with E-state index in [0.717, 1.165) is 17.0 Å². The molecule has 8 heteroatoms. The molecule has 0 amide bonds. The zero-order chi connectivity index (χ0) is 14.3. The van der Waals surface area contributed by atoms with Gasteiger partial charge >= 0.3 is 0 Å². The molecule has 2 aliphatic rings. The van der Waals surface area contributed by atoms with E-state index < -0.39 is 5.79 Å². The number of anilines is 1. The maximum atomic E-state index is 6.25. The Morgan fingerprint density at radius 3 is 2.55 bits per heavy atom. The van der Waals surface area contributed by atoms with Crippen LogP contribution in [0.4, 0.5) is 17.1 Å². The van der Waals surface area contributed by atoms with Crippen molar-refractivity contribution in [3.63, 3.8) is 0 Å². The van der Waals surface area contributed by atoms with Crippen molar-refractivity contribution in [2.24, 2.45) is 8.73 Å². The summed E-state index contributed by atoms with van der Waals surface area (Å²) in [5.74, 6) is -0.542. The molecule has 20 heavy (non-hydrogen) atoms. The second-order valence-corrected chi connectivity index (χ2v) is 6.38. The topological polar surface area (TPSA) is 55.2 Å². The molecule has 2 aliphatic heterocycles. The molecule has 1 aromatic rings. The van der Waals surface area contributed by atoms with Crippen LogP contribution in [-0.2, 0) is 20.8 Å². The van der Waals surface area contributed by atoms with Crippen LogP contribution in [0.5, 0.6) is 0 Å². The normalized spacial score (nSPS) is 20.6. The number of nitrogens with one attached hydrogen (secondary N) is 1. The first-order chi connectivity index (χ1) is 9.46. The number of rotatable bonds is 2.